The molecule has 4 nitrogen and oxygen atoms in total. The third kappa shape index (κ3) is 4.74. The largest absolute Gasteiger partial charge is 0.410 e. The van der Waals surface area contributed by atoms with Gasteiger partial charge in [-0.3, -0.25) is 9.63 Å². The van der Waals surface area contributed by atoms with Gasteiger partial charge >= 0.3 is 0 Å². The van der Waals surface area contributed by atoms with Crippen molar-refractivity contribution in [3.8, 4) is 0 Å². The molecular formula is C14H29NO3Si. The summed E-state index contributed by atoms with van der Waals surface area (Å²) < 4.78 is 6.27. The molecule has 5 heteroatoms. The molecule has 0 aliphatic carbocycles. The third-order valence-electron chi connectivity index (χ3n) is 3.84. The number of likely N-dealkylation sites (N-methyl/N-ethyl adjacent to an activating group) is 1. The van der Waals surface area contributed by atoms with Crippen LogP contribution >= 0.6 is 0 Å². The second kappa shape index (κ2) is 6.68. The van der Waals surface area contributed by atoms with E-state index in [1.54, 1.807) is 7.05 Å². The topological polar surface area (TPSA) is 38.8 Å². The second-order valence-corrected chi connectivity index (χ2v) is 11.0. The van der Waals surface area contributed by atoms with E-state index in [9.17, 15) is 4.79 Å². The lowest BCUT2D eigenvalue weighted by atomic mass is 10.1. The predicted octanol–water partition coefficient (Wildman–Crippen LogP) is 3.36. The minimum absolute atomic E-state index is 0.108. The Morgan fingerprint density at radius 3 is 2.16 bits per heavy atom. The Hall–Kier alpha value is -0.653. The van der Waals surface area contributed by atoms with Crippen LogP contribution in [0.1, 0.15) is 34.1 Å². The third-order valence-corrected chi connectivity index (χ3v) is 8.32. The number of amides is 1. The molecule has 0 radical (unpaired) electrons. The maximum Gasteiger partial charge on any atom is 0.275 e. The van der Waals surface area contributed by atoms with Gasteiger partial charge in [0.15, 0.2) is 8.32 Å². The summed E-state index contributed by atoms with van der Waals surface area (Å²) in [5.41, 5.74) is 0.455. The lowest BCUT2D eigenvalue weighted by Crippen LogP contribution is -2.45. The van der Waals surface area contributed by atoms with Crippen LogP contribution in [-0.4, -0.2) is 39.5 Å². The summed E-state index contributed by atoms with van der Waals surface area (Å²) in [6.07, 6.45) is 0.486. The molecule has 0 heterocycles. The Morgan fingerprint density at radius 2 is 1.84 bits per heavy atom. The zero-order valence-electron chi connectivity index (χ0n) is 13.7. The summed E-state index contributed by atoms with van der Waals surface area (Å²) in [5, 5.41) is 1.29. The number of hydrogen-bond acceptors (Lipinski definition) is 3. The average molecular weight is 287 g/mol. The highest BCUT2D eigenvalue weighted by Crippen LogP contribution is 2.38. The molecule has 0 bridgehead atoms. The van der Waals surface area contributed by atoms with Gasteiger partial charge in [-0.05, 0) is 24.6 Å². The number of nitrogens with zero attached hydrogens (tertiary/aromatic N) is 1. The first-order chi connectivity index (χ1) is 8.47. The fourth-order valence-corrected chi connectivity index (χ4v) is 2.73. The molecule has 0 spiro atoms. The number of carbonyl (C=O) groups excluding carboxylic acids is 1. The minimum atomic E-state index is -1.91. The molecule has 1 unspecified atom stereocenters. The van der Waals surface area contributed by atoms with E-state index in [1.165, 1.54) is 12.2 Å². The van der Waals surface area contributed by atoms with Gasteiger partial charge in [-0.1, -0.05) is 34.3 Å². The van der Waals surface area contributed by atoms with Crippen LogP contribution in [0.5, 0.6) is 0 Å². The molecule has 0 aliphatic rings. The van der Waals surface area contributed by atoms with E-state index in [4.69, 9.17) is 9.26 Å². The first kappa shape index (κ1) is 18.3. The van der Waals surface area contributed by atoms with Crippen molar-refractivity contribution in [1.29, 1.82) is 0 Å². The summed E-state index contributed by atoms with van der Waals surface area (Å²) in [6, 6.07) is 0. The standard InChI is InChI=1S/C14H29NO3Si/c1-10-12(11(2)13(16)15(6)17-7)18-19(8,9)14(3,4)5/h12H,2,10H2,1,3-9H3. The van der Waals surface area contributed by atoms with Crippen LogP contribution < -0.4 is 0 Å². The van der Waals surface area contributed by atoms with Crippen molar-refractivity contribution in [3.63, 3.8) is 0 Å². The second-order valence-electron chi connectivity index (χ2n) is 6.29. The van der Waals surface area contributed by atoms with E-state index in [-0.39, 0.29) is 17.0 Å². The van der Waals surface area contributed by atoms with Gasteiger partial charge in [0.05, 0.1) is 13.2 Å². The number of hydroxylamine groups is 2. The van der Waals surface area contributed by atoms with Gasteiger partial charge in [-0.25, -0.2) is 5.06 Å². The van der Waals surface area contributed by atoms with Crippen molar-refractivity contribution in [2.45, 2.75) is 58.4 Å². The van der Waals surface area contributed by atoms with E-state index in [2.05, 4.69) is 40.4 Å². The van der Waals surface area contributed by atoms with Gasteiger partial charge in [0.25, 0.3) is 5.91 Å². The maximum absolute atomic E-state index is 12.0. The summed E-state index contributed by atoms with van der Waals surface area (Å²) in [5.74, 6) is -0.229. The smallest absolute Gasteiger partial charge is 0.275 e. The molecule has 0 fully saturated rings. The molecule has 0 saturated carbocycles. The zero-order chi connectivity index (χ0) is 15.4. The van der Waals surface area contributed by atoms with Crippen molar-refractivity contribution in [3.05, 3.63) is 12.2 Å². The molecule has 0 N–H and O–H groups in total. The van der Waals surface area contributed by atoms with Crippen LogP contribution in [0.15, 0.2) is 12.2 Å². The van der Waals surface area contributed by atoms with Crippen LogP contribution in [0.2, 0.25) is 18.1 Å². The normalized spacial score (nSPS) is 14.1. The highest BCUT2D eigenvalue weighted by Gasteiger charge is 2.40. The van der Waals surface area contributed by atoms with E-state index in [1.807, 2.05) is 6.92 Å². The monoisotopic (exact) mass is 287 g/mol. The zero-order valence-corrected chi connectivity index (χ0v) is 14.7. The van der Waals surface area contributed by atoms with Gasteiger partial charge in [0.2, 0.25) is 0 Å². The van der Waals surface area contributed by atoms with Crippen molar-refractivity contribution in [2.75, 3.05) is 14.2 Å². The molecule has 0 saturated heterocycles. The van der Waals surface area contributed by atoms with Gasteiger partial charge in [0.1, 0.15) is 0 Å². The van der Waals surface area contributed by atoms with Gasteiger partial charge in [0, 0.05) is 12.6 Å². The first-order valence-corrected chi connectivity index (χ1v) is 9.57. The molecule has 0 rings (SSSR count). The average Bonchev–Trinajstić information content (AvgIpc) is 2.31. The molecule has 1 amide bonds. The van der Waals surface area contributed by atoms with E-state index in [0.29, 0.717) is 5.57 Å². The van der Waals surface area contributed by atoms with Crippen LogP contribution in [0, 0.1) is 0 Å². The lowest BCUT2D eigenvalue weighted by Gasteiger charge is -2.39. The van der Waals surface area contributed by atoms with Crippen LogP contribution in [0.3, 0.4) is 0 Å². The number of rotatable bonds is 6. The van der Waals surface area contributed by atoms with E-state index in [0.717, 1.165) is 6.42 Å². The Balaban J connectivity index is 4.96. The maximum atomic E-state index is 12.0. The number of hydrogen-bond donors (Lipinski definition) is 0. The Morgan fingerprint density at radius 1 is 1.37 bits per heavy atom. The van der Waals surface area contributed by atoms with E-state index >= 15 is 0 Å². The molecule has 0 aromatic heterocycles. The van der Waals surface area contributed by atoms with Crippen LogP contribution in [0.4, 0.5) is 0 Å². The van der Waals surface area contributed by atoms with Crippen molar-refractivity contribution in [1.82, 2.24) is 5.06 Å². The van der Waals surface area contributed by atoms with Crippen LogP contribution in [0.25, 0.3) is 0 Å². The summed E-state index contributed by atoms with van der Waals surface area (Å²) in [4.78, 5) is 17.0. The molecular weight excluding hydrogens is 258 g/mol. The summed E-state index contributed by atoms with van der Waals surface area (Å²) in [6.45, 7) is 16.8. The van der Waals surface area contributed by atoms with Crippen LogP contribution in [-0.2, 0) is 14.1 Å². The Bertz CT molecular complexity index is 334. The fraction of sp³-hybridized carbons (Fsp3) is 0.786. The highest BCUT2D eigenvalue weighted by atomic mass is 28.4. The van der Waals surface area contributed by atoms with Crippen molar-refractivity contribution >= 4 is 14.2 Å². The Kier molecular flexibility index (Phi) is 6.45. The quantitative estimate of drug-likeness (QED) is 0.427. The van der Waals surface area contributed by atoms with E-state index < -0.39 is 8.32 Å². The molecule has 0 aromatic carbocycles. The summed E-state index contributed by atoms with van der Waals surface area (Å²) in [7, 11) is 1.12. The van der Waals surface area contributed by atoms with Gasteiger partial charge < -0.3 is 4.43 Å². The first-order valence-electron chi connectivity index (χ1n) is 6.66. The number of carbonyl (C=O) groups is 1. The van der Waals surface area contributed by atoms with Crippen molar-refractivity contribution in [2.24, 2.45) is 0 Å². The SMILES string of the molecule is C=C(C(=O)N(C)OC)C(CC)O[Si](C)(C)C(C)(C)C. The van der Waals surface area contributed by atoms with Gasteiger partial charge in [-0.15, -0.1) is 0 Å². The lowest BCUT2D eigenvalue weighted by molar-refractivity contribution is -0.164. The predicted molar refractivity (Wildman–Crippen MR) is 81.3 cm³/mol. The Labute approximate surface area is 118 Å². The minimum Gasteiger partial charge on any atom is -0.410 e. The van der Waals surface area contributed by atoms with Crippen molar-refractivity contribution < 1.29 is 14.1 Å². The fourth-order valence-electron chi connectivity index (χ4n) is 1.36. The molecule has 0 aromatic rings. The molecule has 19 heavy (non-hydrogen) atoms. The molecule has 1 atom stereocenters. The van der Waals surface area contributed by atoms with Gasteiger partial charge in [-0.2, -0.15) is 0 Å². The summed E-state index contributed by atoms with van der Waals surface area (Å²) >= 11 is 0. The molecule has 0 aliphatic heterocycles. The highest BCUT2D eigenvalue weighted by molar-refractivity contribution is 6.74. The molecule has 112 valence electrons.